The molecule has 0 N–H and O–H groups in total. The minimum Gasteiger partial charge on any atom is -0.338 e. The number of hydrogen-bond acceptors (Lipinski definition) is 5. The smallest absolute Gasteiger partial charge is 0.255 e. The van der Waals surface area contributed by atoms with Crippen LogP contribution < -0.4 is 0 Å². The van der Waals surface area contributed by atoms with E-state index in [1.54, 1.807) is 12.4 Å². The molecule has 7 heteroatoms. The van der Waals surface area contributed by atoms with E-state index >= 15 is 0 Å². The van der Waals surface area contributed by atoms with Crippen LogP contribution in [0.3, 0.4) is 0 Å². The summed E-state index contributed by atoms with van der Waals surface area (Å²) in [6, 6.07) is 5.67. The second-order valence-corrected chi connectivity index (χ2v) is 7.39. The highest BCUT2D eigenvalue weighted by Gasteiger charge is 2.28. The number of carbonyl (C=O) groups excluding carboxylic acids is 1. The maximum atomic E-state index is 12.9. The molecule has 1 fully saturated rings. The van der Waals surface area contributed by atoms with Crippen LogP contribution in [-0.4, -0.2) is 48.4 Å². The van der Waals surface area contributed by atoms with Crippen LogP contribution in [0.4, 0.5) is 0 Å². The number of carbonyl (C=O) groups is 1. The molecule has 0 bridgehead atoms. The number of aromatic nitrogens is 5. The van der Waals surface area contributed by atoms with Gasteiger partial charge in [-0.2, -0.15) is 0 Å². The number of likely N-dealkylation sites (tertiary alicyclic amines) is 1. The molecule has 1 aliphatic rings. The summed E-state index contributed by atoms with van der Waals surface area (Å²) < 4.78 is 1.95. The standard InChI is InChI=1S/C21H24N6O/c1-14-6-7-16(12-23-14)21(28)27-9-4-5-17(13-27)19-24-15(2)11-18(25-19)20-22-8-10-26(20)3/h6-8,10-12,17H,4-5,9,13H2,1-3H3/t17-/m1/s1. The molecule has 0 radical (unpaired) electrons. The largest absolute Gasteiger partial charge is 0.338 e. The SMILES string of the molecule is Cc1ccc(C(=O)N2CCC[C@@H](c3nc(C)cc(-c4nccn4C)n3)C2)cn1. The number of piperidine rings is 1. The first-order valence-corrected chi connectivity index (χ1v) is 9.56. The van der Waals surface area contributed by atoms with Crippen LogP contribution >= 0.6 is 0 Å². The summed E-state index contributed by atoms with van der Waals surface area (Å²) in [5.74, 6) is 1.75. The molecular weight excluding hydrogens is 352 g/mol. The Balaban J connectivity index is 1.58. The Hall–Kier alpha value is -3.09. The van der Waals surface area contributed by atoms with Crippen molar-refractivity contribution in [1.82, 2.24) is 29.4 Å². The van der Waals surface area contributed by atoms with Crippen molar-refractivity contribution >= 4 is 5.91 Å². The van der Waals surface area contributed by atoms with Crippen LogP contribution in [0.2, 0.25) is 0 Å². The van der Waals surface area contributed by atoms with Crippen molar-refractivity contribution < 1.29 is 4.79 Å². The lowest BCUT2D eigenvalue weighted by molar-refractivity contribution is 0.0704. The van der Waals surface area contributed by atoms with Gasteiger partial charge in [-0.3, -0.25) is 9.78 Å². The number of rotatable bonds is 3. The second kappa shape index (κ2) is 7.50. The van der Waals surface area contributed by atoms with Gasteiger partial charge in [0.1, 0.15) is 11.5 Å². The third-order valence-electron chi connectivity index (χ3n) is 5.15. The van der Waals surface area contributed by atoms with Gasteiger partial charge in [0, 0.05) is 56.0 Å². The summed E-state index contributed by atoms with van der Waals surface area (Å²) in [7, 11) is 1.95. The van der Waals surface area contributed by atoms with E-state index in [9.17, 15) is 4.79 Å². The first kappa shape index (κ1) is 18.3. The maximum Gasteiger partial charge on any atom is 0.255 e. The molecular formula is C21H24N6O. The van der Waals surface area contributed by atoms with Gasteiger partial charge < -0.3 is 9.47 Å². The van der Waals surface area contributed by atoms with Gasteiger partial charge in [-0.25, -0.2) is 15.0 Å². The van der Waals surface area contributed by atoms with Gasteiger partial charge in [0.05, 0.1) is 5.56 Å². The summed E-state index contributed by atoms with van der Waals surface area (Å²) in [4.78, 5) is 32.9. The van der Waals surface area contributed by atoms with E-state index in [1.165, 1.54) is 0 Å². The summed E-state index contributed by atoms with van der Waals surface area (Å²) in [5.41, 5.74) is 3.27. The average Bonchev–Trinajstić information content (AvgIpc) is 3.13. The van der Waals surface area contributed by atoms with Gasteiger partial charge in [-0.05, 0) is 44.9 Å². The van der Waals surface area contributed by atoms with Crippen LogP contribution in [-0.2, 0) is 7.05 Å². The summed E-state index contributed by atoms with van der Waals surface area (Å²) in [6.45, 7) is 5.26. The zero-order valence-corrected chi connectivity index (χ0v) is 16.5. The molecule has 0 unspecified atom stereocenters. The summed E-state index contributed by atoms with van der Waals surface area (Å²) in [6.07, 6.45) is 7.24. The zero-order valence-electron chi connectivity index (χ0n) is 16.5. The predicted molar refractivity (Wildman–Crippen MR) is 106 cm³/mol. The van der Waals surface area contributed by atoms with Gasteiger partial charge >= 0.3 is 0 Å². The van der Waals surface area contributed by atoms with E-state index in [0.717, 1.165) is 48.1 Å². The minimum atomic E-state index is 0.0224. The number of pyridine rings is 1. The number of aryl methyl sites for hydroxylation is 3. The molecule has 7 nitrogen and oxygen atoms in total. The molecule has 1 aliphatic heterocycles. The molecule has 3 aromatic rings. The number of nitrogens with zero attached hydrogens (tertiary/aromatic N) is 6. The topological polar surface area (TPSA) is 76.8 Å². The van der Waals surface area contributed by atoms with Gasteiger partial charge in [-0.15, -0.1) is 0 Å². The number of hydrogen-bond donors (Lipinski definition) is 0. The lowest BCUT2D eigenvalue weighted by Gasteiger charge is -2.32. The first-order valence-electron chi connectivity index (χ1n) is 9.56. The molecule has 28 heavy (non-hydrogen) atoms. The summed E-state index contributed by atoms with van der Waals surface area (Å²) in [5, 5.41) is 0. The average molecular weight is 376 g/mol. The lowest BCUT2D eigenvalue weighted by Crippen LogP contribution is -2.39. The Kier molecular flexibility index (Phi) is 4.90. The molecule has 3 aromatic heterocycles. The Morgan fingerprint density at radius 3 is 2.71 bits per heavy atom. The molecule has 0 spiro atoms. The van der Waals surface area contributed by atoms with Crippen molar-refractivity contribution in [2.24, 2.45) is 7.05 Å². The van der Waals surface area contributed by atoms with Crippen molar-refractivity contribution in [3.05, 3.63) is 59.6 Å². The van der Waals surface area contributed by atoms with E-state index in [2.05, 4.69) is 15.0 Å². The quantitative estimate of drug-likeness (QED) is 0.702. The monoisotopic (exact) mass is 376 g/mol. The van der Waals surface area contributed by atoms with Gasteiger partial charge in [0.2, 0.25) is 0 Å². The molecule has 4 heterocycles. The van der Waals surface area contributed by atoms with Crippen LogP contribution in [0.15, 0.2) is 36.8 Å². The van der Waals surface area contributed by atoms with Crippen molar-refractivity contribution in [2.75, 3.05) is 13.1 Å². The first-order chi connectivity index (χ1) is 13.5. The highest BCUT2D eigenvalue weighted by atomic mass is 16.2. The number of imidazole rings is 1. The highest BCUT2D eigenvalue weighted by molar-refractivity contribution is 5.94. The van der Waals surface area contributed by atoms with Crippen LogP contribution in [0.25, 0.3) is 11.5 Å². The van der Waals surface area contributed by atoms with E-state index < -0.39 is 0 Å². The third kappa shape index (κ3) is 3.65. The molecule has 1 amide bonds. The molecule has 0 aliphatic carbocycles. The number of amides is 1. The predicted octanol–water partition coefficient (Wildman–Crippen LogP) is 2.91. The second-order valence-electron chi connectivity index (χ2n) is 7.39. The summed E-state index contributed by atoms with van der Waals surface area (Å²) >= 11 is 0. The van der Waals surface area contributed by atoms with Crippen molar-refractivity contribution in [2.45, 2.75) is 32.6 Å². The Bertz CT molecular complexity index is 994. The maximum absolute atomic E-state index is 12.9. The fourth-order valence-corrected chi connectivity index (χ4v) is 3.65. The van der Waals surface area contributed by atoms with E-state index in [1.807, 2.05) is 54.8 Å². The highest BCUT2D eigenvalue weighted by Crippen LogP contribution is 2.27. The molecule has 4 rings (SSSR count). The minimum absolute atomic E-state index is 0.0224. The molecule has 0 saturated carbocycles. The van der Waals surface area contributed by atoms with Gasteiger partial charge in [-0.1, -0.05) is 0 Å². The van der Waals surface area contributed by atoms with Crippen molar-refractivity contribution in [3.63, 3.8) is 0 Å². The molecule has 1 saturated heterocycles. The van der Waals surface area contributed by atoms with Crippen molar-refractivity contribution in [3.8, 4) is 11.5 Å². The van der Waals surface area contributed by atoms with E-state index in [-0.39, 0.29) is 11.8 Å². The Morgan fingerprint density at radius 2 is 2.00 bits per heavy atom. The lowest BCUT2D eigenvalue weighted by atomic mass is 9.96. The zero-order chi connectivity index (χ0) is 19.7. The van der Waals surface area contributed by atoms with Gasteiger partial charge in [0.25, 0.3) is 5.91 Å². The molecule has 1 atom stereocenters. The molecule has 144 valence electrons. The van der Waals surface area contributed by atoms with E-state index in [4.69, 9.17) is 4.98 Å². The van der Waals surface area contributed by atoms with Crippen LogP contribution in [0.5, 0.6) is 0 Å². The van der Waals surface area contributed by atoms with E-state index in [0.29, 0.717) is 12.1 Å². The van der Waals surface area contributed by atoms with Gasteiger partial charge in [0.15, 0.2) is 5.82 Å². The normalized spacial score (nSPS) is 17.0. The fraction of sp³-hybridized carbons (Fsp3) is 0.381. The molecule has 0 aromatic carbocycles. The van der Waals surface area contributed by atoms with Crippen LogP contribution in [0, 0.1) is 13.8 Å². The van der Waals surface area contributed by atoms with Crippen molar-refractivity contribution in [1.29, 1.82) is 0 Å². The Labute approximate surface area is 164 Å². The third-order valence-corrected chi connectivity index (χ3v) is 5.15. The Morgan fingerprint density at radius 1 is 1.14 bits per heavy atom. The van der Waals surface area contributed by atoms with Crippen LogP contribution in [0.1, 0.15) is 46.3 Å². The fourth-order valence-electron chi connectivity index (χ4n) is 3.65.